The topological polar surface area (TPSA) is 49.4 Å². The van der Waals surface area contributed by atoms with Crippen LogP contribution in [0.25, 0.3) is 0 Å². The van der Waals surface area contributed by atoms with Crippen molar-refractivity contribution in [3.63, 3.8) is 0 Å². The molecular formula is C14H20N2O2S. The molecular weight excluding hydrogens is 260 g/mol. The maximum Gasteiger partial charge on any atom is 0.245 e. The van der Waals surface area contributed by atoms with Gasteiger partial charge in [0.15, 0.2) is 0 Å². The Morgan fingerprint density at radius 2 is 2.16 bits per heavy atom. The van der Waals surface area contributed by atoms with Gasteiger partial charge in [0.25, 0.3) is 0 Å². The number of rotatable bonds is 3. The molecule has 1 aliphatic heterocycles. The minimum absolute atomic E-state index is 0.0120. The molecule has 2 unspecified atom stereocenters. The van der Waals surface area contributed by atoms with Crippen molar-refractivity contribution in [2.24, 2.45) is 5.92 Å². The first-order valence-electron chi connectivity index (χ1n) is 6.64. The molecule has 1 aromatic rings. The molecule has 0 saturated carbocycles. The molecule has 0 aromatic carbocycles. The van der Waals surface area contributed by atoms with E-state index in [0.717, 1.165) is 0 Å². The molecule has 0 spiro atoms. The summed E-state index contributed by atoms with van der Waals surface area (Å²) in [6, 6.07) is 3.69. The van der Waals surface area contributed by atoms with Crippen LogP contribution < -0.4 is 5.32 Å². The maximum absolute atomic E-state index is 12.4. The van der Waals surface area contributed by atoms with Gasteiger partial charge in [-0.2, -0.15) is 0 Å². The Labute approximate surface area is 117 Å². The number of nitrogens with zero attached hydrogens (tertiary/aromatic N) is 1. The van der Waals surface area contributed by atoms with Crippen molar-refractivity contribution in [2.75, 3.05) is 6.54 Å². The van der Waals surface area contributed by atoms with E-state index < -0.39 is 6.04 Å². The van der Waals surface area contributed by atoms with Crippen molar-refractivity contribution in [1.82, 2.24) is 10.2 Å². The number of hydrogen-bond donors (Lipinski definition) is 1. The highest BCUT2D eigenvalue weighted by Crippen LogP contribution is 2.32. The molecule has 0 radical (unpaired) electrons. The van der Waals surface area contributed by atoms with Crippen LogP contribution in [0.3, 0.4) is 0 Å². The van der Waals surface area contributed by atoms with E-state index in [1.165, 1.54) is 4.88 Å². The monoisotopic (exact) mass is 280 g/mol. The second-order valence-electron chi connectivity index (χ2n) is 5.28. The third kappa shape index (κ3) is 2.97. The largest absolute Gasteiger partial charge is 0.345 e. The zero-order valence-electron chi connectivity index (χ0n) is 11.6. The molecule has 1 saturated heterocycles. The molecule has 2 amide bonds. The van der Waals surface area contributed by atoms with Crippen LogP contribution in [-0.4, -0.2) is 29.3 Å². The Morgan fingerprint density at radius 3 is 2.74 bits per heavy atom. The van der Waals surface area contributed by atoms with Crippen molar-refractivity contribution in [3.05, 3.63) is 22.4 Å². The fourth-order valence-corrected chi connectivity index (χ4v) is 3.54. The molecule has 0 aliphatic carbocycles. The molecule has 5 heteroatoms. The standard InChI is InChI=1S/C14H20N2O2S/c1-9(2)13(11-5-4-8-19-11)16-7-6-12(17)15-10(3)14(16)18/h4-5,8-10,13H,6-7H2,1-3H3,(H,15,17). The smallest absolute Gasteiger partial charge is 0.245 e. The zero-order chi connectivity index (χ0) is 14.0. The summed E-state index contributed by atoms with van der Waals surface area (Å²) in [5.74, 6) is 0.290. The summed E-state index contributed by atoms with van der Waals surface area (Å²) in [4.78, 5) is 27.1. The average molecular weight is 280 g/mol. The van der Waals surface area contributed by atoms with Crippen LogP contribution in [0.2, 0.25) is 0 Å². The van der Waals surface area contributed by atoms with E-state index in [1.807, 2.05) is 16.3 Å². The summed E-state index contributed by atoms with van der Waals surface area (Å²) in [7, 11) is 0. The summed E-state index contributed by atoms with van der Waals surface area (Å²) in [6.07, 6.45) is 0.380. The first-order valence-corrected chi connectivity index (χ1v) is 7.52. The Hall–Kier alpha value is -1.36. The van der Waals surface area contributed by atoms with Gasteiger partial charge < -0.3 is 10.2 Å². The van der Waals surface area contributed by atoms with Gasteiger partial charge in [-0.25, -0.2) is 0 Å². The van der Waals surface area contributed by atoms with Gasteiger partial charge in [-0.3, -0.25) is 9.59 Å². The van der Waals surface area contributed by atoms with Gasteiger partial charge in [0.2, 0.25) is 11.8 Å². The lowest BCUT2D eigenvalue weighted by Crippen LogP contribution is -2.45. The predicted octanol–water partition coefficient (Wildman–Crippen LogP) is 2.18. The van der Waals surface area contributed by atoms with E-state index in [0.29, 0.717) is 18.9 Å². The van der Waals surface area contributed by atoms with Crippen molar-refractivity contribution < 1.29 is 9.59 Å². The van der Waals surface area contributed by atoms with E-state index >= 15 is 0 Å². The Bertz CT molecular complexity index is 456. The molecule has 19 heavy (non-hydrogen) atoms. The first-order chi connectivity index (χ1) is 9.00. The summed E-state index contributed by atoms with van der Waals surface area (Å²) >= 11 is 1.66. The van der Waals surface area contributed by atoms with E-state index in [1.54, 1.807) is 18.3 Å². The third-order valence-corrected chi connectivity index (χ3v) is 4.36. The molecule has 1 N–H and O–H groups in total. The average Bonchev–Trinajstić information content (AvgIpc) is 2.82. The molecule has 2 rings (SSSR count). The molecule has 104 valence electrons. The fourth-order valence-electron chi connectivity index (χ4n) is 2.53. The molecule has 1 fully saturated rings. The lowest BCUT2D eigenvalue weighted by Gasteiger charge is -2.33. The number of thiophene rings is 1. The van der Waals surface area contributed by atoms with Gasteiger partial charge >= 0.3 is 0 Å². The van der Waals surface area contributed by atoms with Gasteiger partial charge in [-0.05, 0) is 24.3 Å². The second kappa shape index (κ2) is 5.74. The number of nitrogens with one attached hydrogen (secondary N) is 1. The highest BCUT2D eigenvalue weighted by molar-refractivity contribution is 7.10. The minimum atomic E-state index is -0.434. The van der Waals surface area contributed by atoms with E-state index in [2.05, 4.69) is 25.2 Å². The van der Waals surface area contributed by atoms with E-state index in [9.17, 15) is 9.59 Å². The van der Waals surface area contributed by atoms with Crippen LogP contribution in [0.15, 0.2) is 17.5 Å². The molecule has 1 aromatic heterocycles. The second-order valence-corrected chi connectivity index (χ2v) is 6.25. The van der Waals surface area contributed by atoms with Crippen molar-refractivity contribution in [2.45, 2.75) is 39.3 Å². The van der Waals surface area contributed by atoms with Crippen LogP contribution in [0.5, 0.6) is 0 Å². The molecule has 2 heterocycles. The van der Waals surface area contributed by atoms with Gasteiger partial charge in [0.05, 0.1) is 6.04 Å². The predicted molar refractivity (Wildman–Crippen MR) is 75.8 cm³/mol. The van der Waals surface area contributed by atoms with Crippen LogP contribution in [0.1, 0.15) is 38.1 Å². The van der Waals surface area contributed by atoms with Crippen LogP contribution >= 0.6 is 11.3 Å². The van der Waals surface area contributed by atoms with Crippen LogP contribution in [0.4, 0.5) is 0 Å². The maximum atomic E-state index is 12.4. The molecule has 1 aliphatic rings. The summed E-state index contributed by atoms with van der Waals surface area (Å²) in [5.41, 5.74) is 0. The van der Waals surface area contributed by atoms with Crippen molar-refractivity contribution >= 4 is 23.2 Å². The van der Waals surface area contributed by atoms with Gasteiger partial charge in [-0.1, -0.05) is 19.9 Å². The van der Waals surface area contributed by atoms with Crippen molar-refractivity contribution in [1.29, 1.82) is 0 Å². The first kappa shape index (κ1) is 14.1. The molecule has 4 nitrogen and oxygen atoms in total. The quantitative estimate of drug-likeness (QED) is 0.922. The lowest BCUT2D eigenvalue weighted by molar-refractivity contribution is -0.136. The molecule has 2 atom stereocenters. The normalized spacial score (nSPS) is 22.3. The summed E-state index contributed by atoms with van der Waals surface area (Å²) in [5, 5.41) is 4.76. The number of carbonyl (C=O) groups excluding carboxylic acids is 2. The van der Waals surface area contributed by atoms with E-state index in [4.69, 9.17) is 0 Å². The zero-order valence-corrected chi connectivity index (χ0v) is 12.4. The minimum Gasteiger partial charge on any atom is -0.345 e. The van der Waals surface area contributed by atoms with Crippen molar-refractivity contribution in [3.8, 4) is 0 Å². The third-order valence-electron chi connectivity index (χ3n) is 3.41. The SMILES string of the molecule is CC1NC(=O)CCN(C(c2cccs2)C(C)C)C1=O. The fraction of sp³-hybridized carbons (Fsp3) is 0.571. The highest BCUT2D eigenvalue weighted by Gasteiger charge is 2.34. The summed E-state index contributed by atoms with van der Waals surface area (Å²) in [6.45, 7) is 6.48. The Kier molecular flexibility index (Phi) is 4.24. The number of amides is 2. The lowest BCUT2D eigenvalue weighted by atomic mass is 10.00. The summed E-state index contributed by atoms with van der Waals surface area (Å²) < 4.78 is 0. The van der Waals surface area contributed by atoms with Gasteiger partial charge in [-0.15, -0.1) is 11.3 Å². The number of carbonyl (C=O) groups is 2. The molecule has 0 bridgehead atoms. The van der Waals surface area contributed by atoms with Crippen LogP contribution in [0, 0.1) is 5.92 Å². The van der Waals surface area contributed by atoms with Gasteiger partial charge in [0, 0.05) is 17.8 Å². The van der Waals surface area contributed by atoms with E-state index in [-0.39, 0.29) is 17.9 Å². The Balaban J connectivity index is 2.30. The van der Waals surface area contributed by atoms with Gasteiger partial charge in [0.1, 0.15) is 6.04 Å². The number of hydrogen-bond acceptors (Lipinski definition) is 3. The Morgan fingerprint density at radius 1 is 1.42 bits per heavy atom. The highest BCUT2D eigenvalue weighted by atomic mass is 32.1. The van der Waals surface area contributed by atoms with Crippen LogP contribution in [-0.2, 0) is 9.59 Å².